The minimum atomic E-state index is -7.38. The number of carboxylic acids is 1. The highest BCUT2D eigenvalue weighted by Gasteiger charge is 2.85. The zero-order chi connectivity index (χ0) is 18.2. The predicted octanol–water partition coefficient (Wildman–Crippen LogP) is 1.93. The summed E-state index contributed by atoms with van der Waals surface area (Å²) in [4.78, 5) is 9.90. The first kappa shape index (κ1) is 20.3. The highest BCUT2D eigenvalue weighted by molar-refractivity contribution is 7.90. The van der Waals surface area contributed by atoms with Gasteiger partial charge in [0.05, 0.1) is 0 Å². The molecule has 0 amide bonds. The van der Waals surface area contributed by atoms with Gasteiger partial charge in [-0.2, -0.15) is 47.9 Å². The topological polar surface area (TPSA) is 83.5 Å². The predicted molar refractivity (Wildman–Crippen MR) is 49.7 cm³/mol. The molecule has 0 heterocycles. The number of nitrogens with one attached hydrogen (secondary N) is 1. The first-order chi connectivity index (χ1) is 9.42. The van der Waals surface area contributed by atoms with Crippen LogP contribution in [0, 0.1) is 0 Å². The average molecular weight is 369 g/mol. The van der Waals surface area contributed by atoms with Gasteiger partial charge in [-0.25, -0.2) is 4.79 Å². The molecule has 0 aliphatic rings. The highest BCUT2D eigenvalue weighted by Crippen LogP contribution is 2.54. The van der Waals surface area contributed by atoms with Crippen LogP contribution >= 0.6 is 0 Å². The second kappa shape index (κ2) is 5.51. The number of rotatable bonds is 6. The van der Waals surface area contributed by atoms with Crippen LogP contribution in [0.15, 0.2) is 12.3 Å². The second-order valence-corrected chi connectivity index (χ2v) is 5.21. The van der Waals surface area contributed by atoms with Gasteiger partial charge in [-0.1, -0.05) is 0 Å². The van der Waals surface area contributed by atoms with Crippen molar-refractivity contribution in [2.24, 2.45) is 0 Å². The smallest absolute Gasteiger partial charge is 0.460 e. The molecule has 22 heavy (non-hydrogen) atoms. The van der Waals surface area contributed by atoms with Crippen LogP contribution in [0.3, 0.4) is 0 Å². The van der Waals surface area contributed by atoms with Gasteiger partial charge in [0.2, 0.25) is 0 Å². The van der Waals surface area contributed by atoms with Crippen molar-refractivity contribution in [1.82, 2.24) is 4.72 Å². The second-order valence-electron chi connectivity index (χ2n) is 3.46. The van der Waals surface area contributed by atoms with E-state index >= 15 is 0 Å². The van der Waals surface area contributed by atoms with Crippen molar-refractivity contribution in [3.05, 3.63) is 12.3 Å². The van der Waals surface area contributed by atoms with E-state index in [0.717, 1.165) is 0 Å². The molecular weight excluding hydrogens is 365 g/mol. The van der Waals surface area contributed by atoms with Gasteiger partial charge in [0.1, 0.15) is 0 Å². The van der Waals surface area contributed by atoms with E-state index in [0.29, 0.717) is 4.72 Å². The molecule has 15 heteroatoms. The fourth-order valence-electron chi connectivity index (χ4n) is 0.798. The third-order valence-electron chi connectivity index (χ3n) is 1.90. The lowest BCUT2D eigenvalue weighted by Gasteiger charge is -2.32. The fourth-order valence-corrected chi connectivity index (χ4v) is 1.66. The van der Waals surface area contributed by atoms with Crippen molar-refractivity contribution in [1.29, 1.82) is 0 Å². The van der Waals surface area contributed by atoms with Gasteiger partial charge in [0.15, 0.2) is 0 Å². The quantitative estimate of drug-likeness (QED) is 0.554. The van der Waals surface area contributed by atoms with E-state index in [9.17, 15) is 52.7 Å². The summed E-state index contributed by atoms with van der Waals surface area (Å²) in [6.07, 6.45) is -7.77. The normalized spacial score (nSPS) is 15.1. The Morgan fingerprint density at radius 3 is 1.64 bits per heavy atom. The van der Waals surface area contributed by atoms with E-state index in [1.54, 1.807) is 0 Å². The van der Waals surface area contributed by atoms with Gasteiger partial charge in [0, 0.05) is 12.3 Å². The summed E-state index contributed by atoms with van der Waals surface area (Å²) in [6, 6.07) is 0. The van der Waals surface area contributed by atoms with E-state index in [-0.39, 0.29) is 12.3 Å². The third-order valence-corrected chi connectivity index (χ3v) is 3.28. The SMILES string of the molecule is O=C(O)C=CNS(=O)(=O)C(F)(F)C(F)(F)C(F)(F)C(F)(F)F. The molecule has 0 aromatic rings. The Hall–Kier alpha value is -1.67. The minimum Gasteiger partial charge on any atom is -0.478 e. The zero-order valence-corrected chi connectivity index (χ0v) is 10.5. The lowest BCUT2D eigenvalue weighted by atomic mass is 10.1. The molecule has 0 bridgehead atoms. The van der Waals surface area contributed by atoms with Crippen LogP contribution in [0.5, 0.6) is 0 Å². The summed E-state index contributed by atoms with van der Waals surface area (Å²) in [5.41, 5.74) is 0. The van der Waals surface area contributed by atoms with Crippen LogP contribution in [0.2, 0.25) is 0 Å². The van der Waals surface area contributed by atoms with E-state index in [1.165, 1.54) is 0 Å². The van der Waals surface area contributed by atoms with Gasteiger partial charge in [-0.15, -0.1) is 0 Å². The zero-order valence-electron chi connectivity index (χ0n) is 9.64. The van der Waals surface area contributed by atoms with Crippen LogP contribution in [0.25, 0.3) is 0 Å². The number of hydrogen-bond donors (Lipinski definition) is 2. The number of halogens is 9. The Morgan fingerprint density at radius 2 is 1.32 bits per heavy atom. The molecule has 0 aromatic heterocycles. The standard InChI is InChI=1S/C7H4F9NO4S/c8-4(9,6(12,13)14)5(10,11)7(15,16)22(20,21)17-2-1-3(18)19/h1-2,17H,(H,18,19). The molecule has 2 N–H and O–H groups in total. The monoisotopic (exact) mass is 369 g/mol. The number of carboxylic acid groups (broad SMARTS) is 1. The van der Waals surface area contributed by atoms with E-state index in [4.69, 9.17) is 5.11 Å². The van der Waals surface area contributed by atoms with Crippen molar-refractivity contribution in [3.63, 3.8) is 0 Å². The summed E-state index contributed by atoms with van der Waals surface area (Å²) in [7, 11) is -6.82. The van der Waals surface area contributed by atoms with Crippen LogP contribution in [-0.4, -0.2) is 42.8 Å². The van der Waals surface area contributed by atoms with Gasteiger partial charge in [-0.05, 0) is 0 Å². The highest BCUT2D eigenvalue weighted by atomic mass is 32.2. The van der Waals surface area contributed by atoms with Crippen molar-refractivity contribution in [3.8, 4) is 0 Å². The Kier molecular flexibility index (Phi) is 5.09. The van der Waals surface area contributed by atoms with E-state index < -0.39 is 39.3 Å². The van der Waals surface area contributed by atoms with Crippen molar-refractivity contribution < 1.29 is 57.8 Å². The molecule has 0 spiro atoms. The van der Waals surface area contributed by atoms with Crippen LogP contribution in [0.4, 0.5) is 39.5 Å². The van der Waals surface area contributed by atoms with Crippen LogP contribution in [-0.2, 0) is 14.8 Å². The molecule has 0 fully saturated rings. The van der Waals surface area contributed by atoms with Gasteiger partial charge < -0.3 is 5.11 Å². The number of carbonyl (C=O) groups is 1. The molecule has 0 unspecified atom stereocenters. The summed E-state index contributed by atoms with van der Waals surface area (Å²) < 4.78 is 133. The number of hydrogen-bond acceptors (Lipinski definition) is 3. The first-order valence-corrected chi connectivity index (χ1v) is 6.01. The lowest BCUT2D eigenvalue weighted by molar-refractivity contribution is -0.382. The van der Waals surface area contributed by atoms with Crippen molar-refractivity contribution in [2.45, 2.75) is 23.3 Å². The number of sulfonamides is 1. The van der Waals surface area contributed by atoms with E-state index in [1.807, 2.05) is 0 Å². The van der Waals surface area contributed by atoms with Gasteiger partial charge in [0.25, 0.3) is 0 Å². The summed E-state index contributed by atoms with van der Waals surface area (Å²) in [6.45, 7) is 0. The molecule has 0 saturated heterocycles. The molecule has 5 nitrogen and oxygen atoms in total. The molecule has 0 rings (SSSR count). The Morgan fingerprint density at radius 1 is 0.909 bits per heavy atom. The molecule has 0 aliphatic heterocycles. The van der Waals surface area contributed by atoms with E-state index in [2.05, 4.69) is 0 Å². The molecule has 0 aromatic carbocycles. The Balaban J connectivity index is 5.85. The molecule has 0 radical (unpaired) electrons. The van der Waals surface area contributed by atoms with Gasteiger partial charge in [-0.3, -0.25) is 4.72 Å². The van der Waals surface area contributed by atoms with Crippen molar-refractivity contribution >= 4 is 16.0 Å². The summed E-state index contributed by atoms with van der Waals surface area (Å²) in [5, 5.41) is 1.07. The Bertz CT molecular complexity index is 565. The van der Waals surface area contributed by atoms with Crippen LogP contribution in [0.1, 0.15) is 0 Å². The molecule has 0 aliphatic carbocycles. The van der Waals surface area contributed by atoms with Crippen molar-refractivity contribution in [2.75, 3.05) is 0 Å². The lowest BCUT2D eigenvalue weighted by Crippen LogP contribution is -2.64. The van der Waals surface area contributed by atoms with Crippen LogP contribution < -0.4 is 4.72 Å². The number of aliphatic carboxylic acids is 1. The number of alkyl halides is 9. The summed E-state index contributed by atoms with van der Waals surface area (Å²) >= 11 is 0. The maximum Gasteiger partial charge on any atom is 0.460 e. The largest absolute Gasteiger partial charge is 0.478 e. The third kappa shape index (κ3) is 3.22. The maximum absolute atomic E-state index is 13.0. The molecule has 130 valence electrons. The van der Waals surface area contributed by atoms with Gasteiger partial charge >= 0.3 is 39.3 Å². The Labute approximate surface area is 115 Å². The maximum atomic E-state index is 13.0. The minimum absolute atomic E-state index is 0.215. The fraction of sp³-hybridized carbons (Fsp3) is 0.571. The molecular formula is C7H4F9NO4S. The summed E-state index contributed by atoms with van der Waals surface area (Å²) in [5.74, 6) is -16.7. The first-order valence-electron chi connectivity index (χ1n) is 4.53. The average Bonchev–Trinajstić information content (AvgIpc) is 2.25. The molecule has 0 atom stereocenters. The molecule has 0 saturated carbocycles.